The molecule has 1 amide bonds. The Morgan fingerprint density at radius 1 is 1.06 bits per heavy atom. The summed E-state index contributed by atoms with van der Waals surface area (Å²) in [5.74, 6) is 0.982. The van der Waals surface area contributed by atoms with E-state index in [0.717, 1.165) is 0 Å². The summed E-state index contributed by atoms with van der Waals surface area (Å²) in [7, 11) is 0. The molecule has 92 valence electrons. The summed E-state index contributed by atoms with van der Waals surface area (Å²) < 4.78 is 5.64. The monoisotopic (exact) mass is 281 g/mol. The number of carbonyl (C=O) groups excluding carboxylic acids is 1. The minimum atomic E-state index is 0.472. The second-order valence-corrected chi connectivity index (χ2v) is 4.28. The molecule has 0 bridgehead atoms. The van der Waals surface area contributed by atoms with Crippen LogP contribution in [0.2, 0.25) is 10.0 Å². The van der Waals surface area contributed by atoms with Gasteiger partial charge in [0.2, 0.25) is 6.41 Å². The number of ether oxygens (including phenoxy) is 1. The van der Waals surface area contributed by atoms with E-state index in [-0.39, 0.29) is 0 Å². The molecule has 3 nitrogen and oxygen atoms in total. The Hall–Kier alpha value is -1.71. The fourth-order valence-electron chi connectivity index (χ4n) is 1.41. The third-order valence-corrected chi connectivity index (χ3v) is 2.76. The molecule has 0 atom stereocenters. The molecular formula is C13H9Cl2NO2. The van der Waals surface area contributed by atoms with Gasteiger partial charge in [0.25, 0.3) is 0 Å². The Labute approximate surface area is 114 Å². The van der Waals surface area contributed by atoms with Gasteiger partial charge in [-0.05, 0) is 30.3 Å². The first-order chi connectivity index (χ1) is 8.70. The highest BCUT2D eigenvalue weighted by Gasteiger charge is 2.07. The molecule has 0 spiro atoms. The molecular weight excluding hydrogens is 273 g/mol. The second-order valence-electron chi connectivity index (χ2n) is 3.44. The minimum Gasteiger partial charge on any atom is -0.454 e. The molecule has 1 N–H and O–H groups in total. The van der Waals surface area contributed by atoms with E-state index in [9.17, 15) is 4.79 Å². The normalized spacial score (nSPS) is 9.89. The average molecular weight is 282 g/mol. The fraction of sp³-hybridized carbons (Fsp3) is 0. The van der Waals surface area contributed by atoms with Crippen LogP contribution in [0.25, 0.3) is 0 Å². The molecule has 18 heavy (non-hydrogen) atoms. The van der Waals surface area contributed by atoms with Gasteiger partial charge in [-0.2, -0.15) is 0 Å². The Balaban J connectivity index is 2.34. The zero-order valence-electron chi connectivity index (χ0n) is 9.19. The molecule has 0 unspecified atom stereocenters. The number of hydrogen-bond donors (Lipinski definition) is 1. The van der Waals surface area contributed by atoms with Crippen molar-refractivity contribution in [1.82, 2.24) is 0 Å². The van der Waals surface area contributed by atoms with Crippen molar-refractivity contribution in [1.29, 1.82) is 0 Å². The van der Waals surface area contributed by atoms with Gasteiger partial charge in [-0.3, -0.25) is 4.79 Å². The standard InChI is InChI=1S/C13H9Cl2NO2/c14-9-5-6-13(11(7-9)16-8-17)18-12-4-2-1-3-10(12)15/h1-8H,(H,16,17). The zero-order chi connectivity index (χ0) is 13.0. The second kappa shape index (κ2) is 5.76. The van der Waals surface area contributed by atoms with E-state index in [1.165, 1.54) is 0 Å². The number of hydrogen-bond acceptors (Lipinski definition) is 2. The Kier molecular flexibility index (Phi) is 4.07. The van der Waals surface area contributed by atoms with E-state index in [0.29, 0.717) is 33.6 Å². The van der Waals surface area contributed by atoms with Crippen LogP contribution in [0.15, 0.2) is 42.5 Å². The highest BCUT2D eigenvalue weighted by molar-refractivity contribution is 6.32. The molecule has 2 rings (SSSR count). The van der Waals surface area contributed by atoms with Crippen LogP contribution in [0.4, 0.5) is 5.69 Å². The summed E-state index contributed by atoms with van der Waals surface area (Å²) in [6.45, 7) is 0. The van der Waals surface area contributed by atoms with Gasteiger partial charge < -0.3 is 10.1 Å². The first kappa shape index (κ1) is 12.7. The summed E-state index contributed by atoms with van der Waals surface area (Å²) in [6, 6.07) is 12.0. The van der Waals surface area contributed by atoms with E-state index in [2.05, 4.69) is 5.32 Å². The number of rotatable bonds is 4. The lowest BCUT2D eigenvalue weighted by atomic mass is 10.3. The minimum absolute atomic E-state index is 0.472. The molecule has 0 aliphatic carbocycles. The third kappa shape index (κ3) is 2.94. The predicted molar refractivity (Wildman–Crippen MR) is 72.7 cm³/mol. The number of halogens is 2. The van der Waals surface area contributed by atoms with Gasteiger partial charge in [0.15, 0.2) is 5.75 Å². The van der Waals surface area contributed by atoms with Gasteiger partial charge in [0, 0.05) is 5.02 Å². The summed E-state index contributed by atoms with van der Waals surface area (Å²) in [5, 5.41) is 3.52. The first-order valence-electron chi connectivity index (χ1n) is 5.13. The van der Waals surface area contributed by atoms with E-state index in [1.807, 2.05) is 12.1 Å². The molecule has 2 aromatic rings. The van der Waals surface area contributed by atoms with Crippen LogP contribution >= 0.6 is 23.2 Å². The van der Waals surface area contributed by atoms with Gasteiger partial charge in [-0.15, -0.1) is 0 Å². The molecule has 2 aromatic carbocycles. The van der Waals surface area contributed by atoms with Crippen molar-refractivity contribution in [3.63, 3.8) is 0 Å². The smallest absolute Gasteiger partial charge is 0.211 e. The summed E-state index contributed by atoms with van der Waals surface area (Å²) >= 11 is 11.8. The quantitative estimate of drug-likeness (QED) is 0.846. The molecule has 0 aliphatic rings. The van der Waals surface area contributed by atoms with Crippen LogP contribution in [-0.4, -0.2) is 6.41 Å². The first-order valence-corrected chi connectivity index (χ1v) is 5.88. The van der Waals surface area contributed by atoms with Crippen molar-refractivity contribution in [3.05, 3.63) is 52.5 Å². The third-order valence-electron chi connectivity index (χ3n) is 2.21. The van der Waals surface area contributed by atoms with Gasteiger partial charge in [0.05, 0.1) is 10.7 Å². The number of anilines is 1. The summed E-state index contributed by atoms with van der Waals surface area (Å²) in [5.41, 5.74) is 0.484. The maximum Gasteiger partial charge on any atom is 0.211 e. The molecule has 0 saturated heterocycles. The van der Waals surface area contributed by atoms with Crippen molar-refractivity contribution in [2.75, 3.05) is 5.32 Å². The van der Waals surface area contributed by atoms with Crippen LogP contribution in [0.1, 0.15) is 0 Å². The zero-order valence-corrected chi connectivity index (χ0v) is 10.7. The average Bonchev–Trinajstić information content (AvgIpc) is 2.35. The molecule has 0 radical (unpaired) electrons. The predicted octanol–water partition coefficient (Wildman–Crippen LogP) is 4.35. The number of para-hydroxylation sites is 1. The highest BCUT2D eigenvalue weighted by Crippen LogP contribution is 2.34. The van der Waals surface area contributed by atoms with Crippen molar-refractivity contribution in [2.45, 2.75) is 0 Å². The summed E-state index contributed by atoms with van der Waals surface area (Å²) in [6.07, 6.45) is 0.561. The Morgan fingerprint density at radius 2 is 1.83 bits per heavy atom. The maximum absolute atomic E-state index is 10.5. The molecule has 5 heteroatoms. The van der Waals surface area contributed by atoms with Crippen LogP contribution < -0.4 is 10.1 Å². The van der Waals surface area contributed by atoms with E-state index in [4.69, 9.17) is 27.9 Å². The lowest BCUT2D eigenvalue weighted by Crippen LogP contribution is -1.97. The Bertz CT molecular complexity index is 573. The number of nitrogens with one attached hydrogen (secondary N) is 1. The molecule has 0 aliphatic heterocycles. The van der Waals surface area contributed by atoms with Crippen LogP contribution in [0, 0.1) is 0 Å². The van der Waals surface area contributed by atoms with Crippen molar-refractivity contribution in [2.24, 2.45) is 0 Å². The molecule has 0 heterocycles. The van der Waals surface area contributed by atoms with Crippen LogP contribution in [0.5, 0.6) is 11.5 Å². The number of amides is 1. The molecule has 0 fully saturated rings. The SMILES string of the molecule is O=CNc1cc(Cl)ccc1Oc1ccccc1Cl. The summed E-state index contributed by atoms with van der Waals surface area (Å²) in [4.78, 5) is 10.5. The van der Waals surface area contributed by atoms with E-state index >= 15 is 0 Å². The number of benzene rings is 2. The van der Waals surface area contributed by atoms with Crippen molar-refractivity contribution < 1.29 is 9.53 Å². The lowest BCUT2D eigenvalue weighted by molar-refractivity contribution is -0.105. The van der Waals surface area contributed by atoms with Crippen molar-refractivity contribution >= 4 is 35.3 Å². The van der Waals surface area contributed by atoms with Crippen LogP contribution in [0.3, 0.4) is 0 Å². The largest absolute Gasteiger partial charge is 0.454 e. The molecule has 0 aromatic heterocycles. The van der Waals surface area contributed by atoms with E-state index in [1.54, 1.807) is 30.3 Å². The molecule has 0 saturated carbocycles. The highest BCUT2D eigenvalue weighted by atomic mass is 35.5. The van der Waals surface area contributed by atoms with E-state index < -0.39 is 0 Å². The van der Waals surface area contributed by atoms with Gasteiger partial charge in [0.1, 0.15) is 5.75 Å². The Morgan fingerprint density at radius 3 is 2.56 bits per heavy atom. The van der Waals surface area contributed by atoms with Crippen LogP contribution in [-0.2, 0) is 4.79 Å². The van der Waals surface area contributed by atoms with Gasteiger partial charge in [-0.25, -0.2) is 0 Å². The fourth-order valence-corrected chi connectivity index (χ4v) is 1.76. The maximum atomic E-state index is 10.5. The lowest BCUT2D eigenvalue weighted by Gasteiger charge is -2.11. The topological polar surface area (TPSA) is 38.3 Å². The van der Waals surface area contributed by atoms with Gasteiger partial charge in [-0.1, -0.05) is 35.3 Å². The van der Waals surface area contributed by atoms with Gasteiger partial charge >= 0.3 is 0 Å². The van der Waals surface area contributed by atoms with Crippen molar-refractivity contribution in [3.8, 4) is 11.5 Å². The number of carbonyl (C=O) groups is 1.